The molecule has 3 aromatic rings. The van der Waals surface area contributed by atoms with Gasteiger partial charge in [0, 0.05) is 5.69 Å². The van der Waals surface area contributed by atoms with Crippen LogP contribution in [-0.2, 0) is 0 Å². The molecule has 0 fully saturated rings. The number of fused-ring (bicyclic) bond motifs is 1. The van der Waals surface area contributed by atoms with Crippen molar-refractivity contribution >= 4 is 16.7 Å². The van der Waals surface area contributed by atoms with Gasteiger partial charge >= 0.3 is 0 Å². The highest BCUT2D eigenvalue weighted by atomic mass is 15.4. The lowest BCUT2D eigenvalue weighted by atomic mass is 10.2. The van der Waals surface area contributed by atoms with Crippen molar-refractivity contribution < 1.29 is 0 Å². The van der Waals surface area contributed by atoms with Crippen LogP contribution >= 0.6 is 0 Å². The molecule has 0 aliphatic rings. The number of para-hydroxylation sites is 1. The number of nitrogen functional groups attached to an aromatic ring is 1. The molecule has 17 heavy (non-hydrogen) atoms. The minimum atomic E-state index is 0.736. The highest BCUT2D eigenvalue weighted by Crippen LogP contribution is 2.19. The standard InChI is InChI=1S/C13H12N4/c1-9-6-10(14)8-11(7-9)17-13-5-3-2-4-12(13)15-16-17/h2-8H,14H2,1H3. The van der Waals surface area contributed by atoms with Crippen LogP contribution in [0.15, 0.2) is 42.5 Å². The highest BCUT2D eigenvalue weighted by molar-refractivity contribution is 5.76. The molecular formula is C13H12N4. The van der Waals surface area contributed by atoms with E-state index in [0.717, 1.165) is 28.0 Å². The average Bonchev–Trinajstić information content (AvgIpc) is 2.71. The molecule has 0 aliphatic carbocycles. The minimum absolute atomic E-state index is 0.736. The maximum Gasteiger partial charge on any atom is 0.113 e. The molecule has 84 valence electrons. The summed E-state index contributed by atoms with van der Waals surface area (Å²) in [5.41, 5.74) is 10.5. The summed E-state index contributed by atoms with van der Waals surface area (Å²) >= 11 is 0. The third kappa shape index (κ3) is 1.63. The van der Waals surface area contributed by atoms with Crippen LogP contribution in [-0.4, -0.2) is 15.0 Å². The van der Waals surface area contributed by atoms with Crippen LogP contribution in [0.25, 0.3) is 16.7 Å². The predicted molar refractivity (Wildman–Crippen MR) is 68.0 cm³/mol. The van der Waals surface area contributed by atoms with Crippen LogP contribution < -0.4 is 5.73 Å². The van der Waals surface area contributed by atoms with Crippen molar-refractivity contribution in [1.29, 1.82) is 0 Å². The van der Waals surface area contributed by atoms with Crippen LogP contribution in [0.1, 0.15) is 5.56 Å². The Morgan fingerprint density at radius 2 is 1.94 bits per heavy atom. The van der Waals surface area contributed by atoms with Gasteiger partial charge in [0.2, 0.25) is 0 Å². The van der Waals surface area contributed by atoms with Gasteiger partial charge in [-0.3, -0.25) is 0 Å². The minimum Gasteiger partial charge on any atom is -0.399 e. The molecule has 0 aliphatic heterocycles. The molecule has 3 rings (SSSR count). The van der Waals surface area contributed by atoms with Gasteiger partial charge in [0.1, 0.15) is 5.52 Å². The van der Waals surface area contributed by atoms with E-state index in [1.54, 1.807) is 4.68 Å². The Bertz CT molecular complexity index is 664. The maximum absolute atomic E-state index is 5.85. The van der Waals surface area contributed by atoms with Crippen molar-refractivity contribution in [3.05, 3.63) is 48.0 Å². The van der Waals surface area contributed by atoms with E-state index in [4.69, 9.17) is 5.73 Å². The Hall–Kier alpha value is -2.36. The molecule has 0 spiro atoms. The lowest BCUT2D eigenvalue weighted by Gasteiger charge is -2.05. The zero-order valence-electron chi connectivity index (χ0n) is 9.46. The summed E-state index contributed by atoms with van der Waals surface area (Å²) in [5, 5.41) is 8.29. The number of nitrogens with zero attached hydrogens (tertiary/aromatic N) is 3. The van der Waals surface area contributed by atoms with Crippen LogP contribution in [0, 0.1) is 6.92 Å². The van der Waals surface area contributed by atoms with Crippen molar-refractivity contribution in [3.8, 4) is 5.69 Å². The molecule has 2 N–H and O–H groups in total. The molecule has 0 amide bonds. The van der Waals surface area contributed by atoms with Gasteiger partial charge in [-0.25, -0.2) is 4.68 Å². The van der Waals surface area contributed by atoms with E-state index in [1.165, 1.54) is 0 Å². The quantitative estimate of drug-likeness (QED) is 0.645. The Kier molecular flexibility index (Phi) is 2.08. The number of aromatic nitrogens is 3. The lowest BCUT2D eigenvalue weighted by molar-refractivity contribution is 0.823. The molecule has 0 unspecified atom stereocenters. The van der Waals surface area contributed by atoms with Gasteiger partial charge in [-0.15, -0.1) is 5.10 Å². The van der Waals surface area contributed by atoms with E-state index in [1.807, 2.05) is 49.4 Å². The van der Waals surface area contributed by atoms with Gasteiger partial charge in [-0.05, 0) is 42.8 Å². The second kappa shape index (κ2) is 3.59. The first kappa shape index (κ1) is 9.84. The molecule has 0 radical (unpaired) electrons. The first-order chi connectivity index (χ1) is 8.24. The van der Waals surface area contributed by atoms with Crippen molar-refractivity contribution in [2.45, 2.75) is 6.92 Å². The smallest absolute Gasteiger partial charge is 0.113 e. The summed E-state index contributed by atoms with van der Waals surface area (Å²) in [4.78, 5) is 0. The van der Waals surface area contributed by atoms with E-state index in [2.05, 4.69) is 10.3 Å². The summed E-state index contributed by atoms with van der Waals surface area (Å²) in [6.45, 7) is 2.01. The lowest BCUT2D eigenvalue weighted by Crippen LogP contribution is -1.98. The van der Waals surface area contributed by atoms with Gasteiger partial charge < -0.3 is 5.73 Å². The number of rotatable bonds is 1. The van der Waals surface area contributed by atoms with Gasteiger partial charge in [0.15, 0.2) is 0 Å². The van der Waals surface area contributed by atoms with Gasteiger partial charge in [-0.2, -0.15) is 0 Å². The second-order valence-corrected chi connectivity index (χ2v) is 4.09. The molecule has 0 saturated heterocycles. The van der Waals surface area contributed by atoms with Gasteiger partial charge in [0.25, 0.3) is 0 Å². The first-order valence-corrected chi connectivity index (χ1v) is 5.42. The van der Waals surface area contributed by atoms with Gasteiger partial charge in [0.05, 0.1) is 11.2 Å². The second-order valence-electron chi connectivity index (χ2n) is 4.09. The van der Waals surface area contributed by atoms with Crippen LogP contribution in [0.2, 0.25) is 0 Å². The molecule has 0 saturated carbocycles. The fourth-order valence-electron chi connectivity index (χ4n) is 1.97. The van der Waals surface area contributed by atoms with E-state index in [9.17, 15) is 0 Å². The van der Waals surface area contributed by atoms with E-state index >= 15 is 0 Å². The van der Waals surface area contributed by atoms with Crippen LogP contribution in [0.5, 0.6) is 0 Å². The van der Waals surface area contributed by atoms with E-state index < -0.39 is 0 Å². The maximum atomic E-state index is 5.85. The Balaban J connectivity index is 2.27. The number of hydrogen-bond donors (Lipinski definition) is 1. The number of hydrogen-bond acceptors (Lipinski definition) is 3. The fourth-order valence-corrected chi connectivity index (χ4v) is 1.97. The summed E-state index contributed by atoms with van der Waals surface area (Å²) in [5.74, 6) is 0. The Morgan fingerprint density at radius 3 is 2.76 bits per heavy atom. The molecule has 0 bridgehead atoms. The van der Waals surface area contributed by atoms with Crippen LogP contribution in [0.3, 0.4) is 0 Å². The molecule has 1 heterocycles. The molecule has 1 aromatic heterocycles. The first-order valence-electron chi connectivity index (χ1n) is 5.42. The predicted octanol–water partition coefficient (Wildman–Crippen LogP) is 2.31. The molecular weight excluding hydrogens is 212 g/mol. The highest BCUT2D eigenvalue weighted by Gasteiger charge is 2.06. The summed E-state index contributed by atoms with van der Waals surface area (Å²) in [6.07, 6.45) is 0. The average molecular weight is 224 g/mol. The van der Waals surface area contributed by atoms with E-state index in [0.29, 0.717) is 0 Å². The summed E-state index contributed by atoms with van der Waals surface area (Å²) in [6, 6.07) is 13.7. The molecule has 0 atom stereocenters. The third-order valence-corrected chi connectivity index (χ3v) is 2.68. The Morgan fingerprint density at radius 1 is 1.12 bits per heavy atom. The molecule has 2 aromatic carbocycles. The van der Waals surface area contributed by atoms with Crippen molar-refractivity contribution in [2.75, 3.05) is 5.73 Å². The monoisotopic (exact) mass is 224 g/mol. The Labute approximate surface area is 98.7 Å². The zero-order chi connectivity index (χ0) is 11.8. The number of nitrogens with two attached hydrogens (primary N) is 1. The van der Waals surface area contributed by atoms with E-state index in [-0.39, 0.29) is 0 Å². The van der Waals surface area contributed by atoms with Gasteiger partial charge in [-0.1, -0.05) is 17.3 Å². The van der Waals surface area contributed by atoms with Crippen molar-refractivity contribution in [1.82, 2.24) is 15.0 Å². The normalized spacial score (nSPS) is 10.9. The number of benzene rings is 2. The largest absolute Gasteiger partial charge is 0.399 e. The topological polar surface area (TPSA) is 56.7 Å². The number of aryl methyl sites for hydroxylation is 1. The summed E-state index contributed by atoms with van der Waals surface area (Å²) in [7, 11) is 0. The third-order valence-electron chi connectivity index (χ3n) is 2.68. The molecule has 4 heteroatoms. The van der Waals surface area contributed by atoms with Crippen molar-refractivity contribution in [2.24, 2.45) is 0 Å². The fraction of sp³-hybridized carbons (Fsp3) is 0.0769. The van der Waals surface area contributed by atoms with Crippen LogP contribution in [0.4, 0.5) is 5.69 Å². The number of anilines is 1. The van der Waals surface area contributed by atoms with Crippen molar-refractivity contribution in [3.63, 3.8) is 0 Å². The zero-order valence-corrected chi connectivity index (χ0v) is 9.46. The summed E-state index contributed by atoms with van der Waals surface area (Å²) < 4.78 is 1.80. The molecule has 4 nitrogen and oxygen atoms in total. The SMILES string of the molecule is Cc1cc(N)cc(-n2nnc3ccccc32)c1.